The van der Waals surface area contributed by atoms with E-state index in [1.54, 1.807) is 6.92 Å². The summed E-state index contributed by atoms with van der Waals surface area (Å²) in [5.41, 5.74) is 0.445. The molecule has 9 heteroatoms. The lowest BCUT2D eigenvalue weighted by Crippen LogP contribution is -2.64. The smallest absolute Gasteiger partial charge is 0.341 e. The zero-order chi connectivity index (χ0) is 24.1. The van der Waals surface area contributed by atoms with Crippen LogP contribution >= 0.6 is 11.3 Å². The van der Waals surface area contributed by atoms with E-state index < -0.39 is 23.9 Å². The third kappa shape index (κ3) is 4.12. The first-order valence-corrected chi connectivity index (χ1v) is 13.1. The number of hydrogen-bond donors (Lipinski definition) is 2. The second kappa shape index (κ2) is 8.66. The van der Waals surface area contributed by atoms with Crippen molar-refractivity contribution in [2.75, 3.05) is 18.5 Å². The van der Waals surface area contributed by atoms with E-state index in [2.05, 4.69) is 10.6 Å². The summed E-state index contributed by atoms with van der Waals surface area (Å²) in [7, 11) is 0. The van der Waals surface area contributed by atoms with E-state index in [-0.39, 0.29) is 24.0 Å². The first kappa shape index (κ1) is 23.3. The summed E-state index contributed by atoms with van der Waals surface area (Å²) in [4.78, 5) is 51.5. The van der Waals surface area contributed by atoms with Crippen molar-refractivity contribution in [1.82, 2.24) is 5.32 Å². The fourth-order valence-corrected chi connectivity index (χ4v) is 8.67. The molecule has 184 valence electrons. The highest BCUT2D eigenvalue weighted by Crippen LogP contribution is 2.62. The Labute approximate surface area is 203 Å². The molecule has 5 aliphatic carbocycles. The molecule has 0 aliphatic heterocycles. The number of fused-ring (bicyclic) bond motifs is 1. The number of carbonyl (C=O) groups excluding carboxylic acids is 4. The third-order valence-electron chi connectivity index (χ3n) is 7.92. The molecule has 1 heterocycles. The average Bonchev–Trinajstić information content (AvgIpc) is 3.30. The van der Waals surface area contributed by atoms with Crippen LogP contribution in [0, 0.1) is 17.3 Å². The quantitative estimate of drug-likeness (QED) is 0.570. The SMILES string of the molecule is CCOC(=O)c1c(NC(=O)COC(=O)C23C[C@@H]4C[C@@H](CC(NC(C)=O)(C4)C2)C3)sc2c1CCC2. The third-order valence-corrected chi connectivity index (χ3v) is 9.13. The minimum Gasteiger partial charge on any atom is -0.462 e. The van der Waals surface area contributed by atoms with Gasteiger partial charge in [0.25, 0.3) is 5.91 Å². The van der Waals surface area contributed by atoms with Gasteiger partial charge in [0.1, 0.15) is 5.00 Å². The van der Waals surface area contributed by atoms with Gasteiger partial charge < -0.3 is 20.1 Å². The number of thiophene rings is 1. The fourth-order valence-electron chi connectivity index (χ4n) is 7.38. The Morgan fingerprint density at radius 1 is 1.06 bits per heavy atom. The predicted molar refractivity (Wildman–Crippen MR) is 126 cm³/mol. The summed E-state index contributed by atoms with van der Waals surface area (Å²) in [5.74, 6) is -0.493. The molecule has 34 heavy (non-hydrogen) atoms. The van der Waals surface area contributed by atoms with Crippen molar-refractivity contribution >= 4 is 40.1 Å². The number of ether oxygens (including phenoxy) is 2. The lowest BCUT2D eigenvalue weighted by Gasteiger charge is -2.60. The monoisotopic (exact) mass is 488 g/mol. The van der Waals surface area contributed by atoms with Crippen molar-refractivity contribution in [3.05, 3.63) is 16.0 Å². The Morgan fingerprint density at radius 3 is 2.47 bits per heavy atom. The van der Waals surface area contributed by atoms with E-state index in [0.717, 1.165) is 61.8 Å². The molecule has 0 radical (unpaired) electrons. The van der Waals surface area contributed by atoms with E-state index in [1.807, 2.05) is 0 Å². The van der Waals surface area contributed by atoms with Crippen LogP contribution in [0.1, 0.15) is 79.6 Å². The second-order valence-corrected chi connectivity index (χ2v) is 11.7. The van der Waals surface area contributed by atoms with Gasteiger partial charge in [0.05, 0.1) is 17.6 Å². The summed E-state index contributed by atoms with van der Waals surface area (Å²) < 4.78 is 10.8. The highest BCUT2D eigenvalue weighted by atomic mass is 32.1. The molecule has 4 bridgehead atoms. The van der Waals surface area contributed by atoms with Crippen LogP contribution in [-0.4, -0.2) is 42.5 Å². The van der Waals surface area contributed by atoms with Crippen molar-refractivity contribution in [2.45, 2.75) is 77.2 Å². The van der Waals surface area contributed by atoms with Gasteiger partial charge in [-0.1, -0.05) is 0 Å². The van der Waals surface area contributed by atoms with Crippen LogP contribution in [0.25, 0.3) is 0 Å². The summed E-state index contributed by atoms with van der Waals surface area (Å²) in [6.07, 6.45) is 7.70. The summed E-state index contributed by atoms with van der Waals surface area (Å²) in [6, 6.07) is 0. The van der Waals surface area contributed by atoms with Crippen LogP contribution in [0.3, 0.4) is 0 Å². The Morgan fingerprint density at radius 2 is 1.79 bits per heavy atom. The van der Waals surface area contributed by atoms with E-state index in [9.17, 15) is 19.2 Å². The number of aryl methyl sites for hydroxylation is 1. The molecule has 2 amide bonds. The van der Waals surface area contributed by atoms with Crippen molar-refractivity contribution in [3.63, 3.8) is 0 Å². The topological polar surface area (TPSA) is 111 Å². The number of nitrogens with one attached hydrogen (secondary N) is 2. The van der Waals surface area contributed by atoms with Crippen LogP contribution < -0.4 is 10.6 Å². The second-order valence-electron chi connectivity index (χ2n) is 10.6. The molecule has 2 unspecified atom stereocenters. The fraction of sp³-hybridized carbons (Fsp3) is 0.680. The van der Waals surface area contributed by atoms with Gasteiger partial charge >= 0.3 is 11.9 Å². The number of carbonyl (C=O) groups is 4. The Bertz CT molecular complexity index is 1030. The van der Waals surface area contributed by atoms with Gasteiger partial charge in [-0.2, -0.15) is 0 Å². The molecule has 1 aromatic heterocycles. The molecular weight excluding hydrogens is 456 g/mol. The van der Waals surface area contributed by atoms with Crippen molar-refractivity contribution in [2.24, 2.45) is 17.3 Å². The lowest BCUT2D eigenvalue weighted by molar-refractivity contribution is -0.176. The molecule has 0 spiro atoms. The van der Waals surface area contributed by atoms with Gasteiger partial charge in [0.15, 0.2) is 6.61 Å². The maximum atomic E-state index is 13.3. The van der Waals surface area contributed by atoms with Crippen molar-refractivity contribution < 1.29 is 28.7 Å². The van der Waals surface area contributed by atoms with Gasteiger partial charge in [-0.15, -0.1) is 11.3 Å². The summed E-state index contributed by atoms with van der Waals surface area (Å²) in [5, 5.41) is 6.40. The number of esters is 2. The van der Waals surface area contributed by atoms with Gasteiger partial charge in [0.2, 0.25) is 5.91 Å². The summed E-state index contributed by atoms with van der Waals surface area (Å²) in [6.45, 7) is 3.15. The molecule has 0 aromatic carbocycles. The number of anilines is 1. The highest BCUT2D eigenvalue weighted by molar-refractivity contribution is 7.17. The maximum Gasteiger partial charge on any atom is 0.341 e. The van der Waals surface area contributed by atoms with Crippen LogP contribution in [0.15, 0.2) is 0 Å². The van der Waals surface area contributed by atoms with E-state index in [1.165, 1.54) is 18.3 Å². The lowest BCUT2D eigenvalue weighted by atomic mass is 9.47. The number of amides is 2. The van der Waals surface area contributed by atoms with E-state index in [0.29, 0.717) is 28.8 Å². The molecule has 4 atom stereocenters. The molecule has 4 fully saturated rings. The minimum atomic E-state index is -0.632. The van der Waals surface area contributed by atoms with Crippen LogP contribution in [0.4, 0.5) is 5.00 Å². The van der Waals surface area contributed by atoms with Crippen LogP contribution in [-0.2, 0) is 36.7 Å². The van der Waals surface area contributed by atoms with Gasteiger partial charge in [-0.05, 0) is 82.1 Å². The molecule has 1 aromatic rings. The first-order chi connectivity index (χ1) is 16.2. The van der Waals surface area contributed by atoms with Crippen LogP contribution in [0.5, 0.6) is 0 Å². The largest absolute Gasteiger partial charge is 0.462 e. The molecule has 8 nitrogen and oxygen atoms in total. The molecule has 5 aliphatic rings. The minimum absolute atomic E-state index is 0.0647. The number of rotatable bonds is 7. The Balaban J connectivity index is 1.25. The predicted octanol–water partition coefficient (Wildman–Crippen LogP) is 3.37. The zero-order valence-electron chi connectivity index (χ0n) is 19.8. The van der Waals surface area contributed by atoms with E-state index in [4.69, 9.17) is 9.47 Å². The highest BCUT2D eigenvalue weighted by Gasteiger charge is 2.61. The van der Waals surface area contributed by atoms with Gasteiger partial charge in [-0.25, -0.2) is 4.79 Å². The van der Waals surface area contributed by atoms with E-state index >= 15 is 0 Å². The normalized spacial score (nSPS) is 30.5. The Kier molecular flexibility index (Phi) is 5.94. The Hall–Kier alpha value is -2.42. The average molecular weight is 489 g/mol. The molecule has 6 rings (SSSR count). The van der Waals surface area contributed by atoms with Crippen LogP contribution in [0.2, 0.25) is 0 Å². The standard InChI is InChI=1S/C25H32N2O6S/c1-3-32-22(30)20-17-5-4-6-18(17)34-21(20)26-19(29)12-33-23(31)24-8-15-7-16(9-24)11-25(10-15,13-24)27-14(2)28/h15-16H,3-13H2,1-2H3,(H,26,29)(H,27,28)/t15-,16+,24?,25?. The zero-order valence-corrected chi connectivity index (χ0v) is 20.6. The maximum absolute atomic E-state index is 13.3. The summed E-state index contributed by atoms with van der Waals surface area (Å²) >= 11 is 1.40. The van der Waals surface area contributed by atoms with Crippen molar-refractivity contribution in [3.8, 4) is 0 Å². The molecule has 0 saturated heterocycles. The van der Waals surface area contributed by atoms with Gasteiger partial charge in [-0.3, -0.25) is 14.4 Å². The number of hydrogen-bond acceptors (Lipinski definition) is 7. The molecule has 4 saturated carbocycles. The van der Waals surface area contributed by atoms with Crippen molar-refractivity contribution in [1.29, 1.82) is 0 Å². The van der Waals surface area contributed by atoms with Gasteiger partial charge in [0, 0.05) is 17.3 Å². The molecular formula is C25H32N2O6S. The first-order valence-electron chi connectivity index (χ1n) is 12.3. The molecule has 2 N–H and O–H groups in total.